The lowest BCUT2D eigenvalue weighted by molar-refractivity contribution is -0.144. The Kier molecular flexibility index (Phi) is 2.53. The van der Waals surface area contributed by atoms with Gasteiger partial charge in [-0.25, -0.2) is 0 Å². The predicted octanol–water partition coefficient (Wildman–Crippen LogP) is 1.66. The zero-order valence-electron chi connectivity index (χ0n) is 8.42. The Hall–Kier alpha value is -1.30. The first-order chi connectivity index (χ1) is 7.45. The van der Waals surface area contributed by atoms with E-state index < -0.39 is 17.4 Å². The minimum absolute atomic E-state index is 0.0380. The number of rotatable bonds is 2. The molecule has 0 aliphatic heterocycles. The summed E-state index contributed by atoms with van der Waals surface area (Å²) in [4.78, 5) is 11.7. The molecular formula is C10H11F3N2O. The molecule has 6 heteroatoms. The molecule has 0 saturated heterocycles. The van der Waals surface area contributed by atoms with E-state index in [0.29, 0.717) is 12.8 Å². The molecule has 1 aromatic heterocycles. The molecule has 0 bridgehead atoms. The van der Waals surface area contributed by atoms with Gasteiger partial charge >= 0.3 is 6.18 Å². The molecule has 0 aromatic carbocycles. The van der Waals surface area contributed by atoms with Gasteiger partial charge in [0.1, 0.15) is 5.69 Å². The minimum Gasteiger partial charge on any atom is -0.326 e. The monoisotopic (exact) mass is 232 g/mol. The lowest BCUT2D eigenvalue weighted by Gasteiger charge is -2.15. The normalized spacial score (nSPS) is 16.5. The molecule has 0 atom stereocenters. The van der Waals surface area contributed by atoms with Crippen molar-refractivity contribution in [2.75, 3.05) is 0 Å². The molecule has 1 aromatic rings. The van der Waals surface area contributed by atoms with Gasteiger partial charge in [0.15, 0.2) is 0 Å². The van der Waals surface area contributed by atoms with E-state index in [9.17, 15) is 18.0 Å². The number of pyridine rings is 1. The first-order valence-electron chi connectivity index (χ1n) is 4.97. The molecule has 1 fully saturated rings. The second-order valence-electron chi connectivity index (χ2n) is 3.85. The Morgan fingerprint density at radius 2 is 2.00 bits per heavy atom. The van der Waals surface area contributed by atoms with Crippen LogP contribution in [0.3, 0.4) is 0 Å². The Morgan fingerprint density at radius 3 is 2.44 bits per heavy atom. The van der Waals surface area contributed by atoms with Crippen LogP contribution in [0.15, 0.2) is 16.9 Å². The lowest BCUT2D eigenvalue weighted by atomic mass is 10.2. The summed E-state index contributed by atoms with van der Waals surface area (Å²) in [6.07, 6.45) is -3.25. The summed E-state index contributed by atoms with van der Waals surface area (Å²) in [5.74, 6) is 0. The number of halogens is 3. The van der Waals surface area contributed by atoms with E-state index in [-0.39, 0.29) is 18.2 Å². The Morgan fingerprint density at radius 1 is 1.38 bits per heavy atom. The van der Waals surface area contributed by atoms with E-state index >= 15 is 0 Å². The summed E-state index contributed by atoms with van der Waals surface area (Å²) in [5.41, 5.74) is 4.04. The van der Waals surface area contributed by atoms with Gasteiger partial charge in [-0.15, -0.1) is 0 Å². The summed E-state index contributed by atoms with van der Waals surface area (Å²) < 4.78 is 38.8. The molecule has 3 nitrogen and oxygen atoms in total. The van der Waals surface area contributed by atoms with Gasteiger partial charge in [-0.2, -0.15) is 13.2 Å². The highest BCUT2D eigenvalue weighted by Crippen LogP contribution is 2.38. The first kappa shape index (κ1) is 11.2. The molecule has 0 radical (unpaired) electrons. The quantitative estimate of drug-likeness (QED) is 0.843. The van der Waals surface area contributed by atoms with Crippen LogP contribution in [0.1, 0.15) is 30.1 Å². The number of nitrogens with two attached hydrogens (primary N) is 1. The van der Waals surface area contributed by atoms with E-state index in [1.807, 2.05) is 0 Å². The predicted molar refractivity (Wildman–Crippen MR) is 51.9 cm³/mol. The first-order valence-corrected chi connectivity index (χ1v) is 4.97. The minimum atomic E-state index is -4.49. The topological polar surface area (TPSA) is 48.0 Å². The van der Waals surface area contributed by atoms with Gasteiger partial charge in [-0.3, -0.25) is 4.79 Å². The highest BCUT2D eigenvalue weighted by atomic mass is 19.4. The molecular weight excluding hydrogens is 221 g/mol. The number of aromatic nitrogens is 1. The lowest BCUT2D eigenvalue weighted by Crippen LogP contribution is -2.30. The molecule has 1 saturated carbocycles. The summed E-state index contributed by atoms with van der Waals surface area (Å²) in [5, 5.41) is 0. The van der Waals surface area contributed by atoms with Crippen LogP contribution in [0, 0.1) is 0 Å². The van der Waals surface area contributed by atoms with E-state index in [1.165, 1.54) is 0 Å². The zero-order valence-corrected chi connectivity index (χ0v) is 8.42. The number of hydrogen-bond donors (Lipinski definition) is 1. The Balaban J connectivity index is 2.62. The second kappa shape index (κ2) is 3.62. The van der Waals surface area contributed by atoms with Gasteiger partial charge in [0.2, 0.25) is 0 Å². The maximum Gasteiger partial charge on any atom is 0.431 e. The van der Waals surface area contributed by atoms with Crippen LogP contribution in [0.5, 0.6) is 0 Å². The van der Waals surface area contributed by atoms with Crippen LogP contribution in [-0.2, 0) is 12.7 Å². The smallest absolute Gasteiger partial charge is 0.326 e. The van der Waals surface area contributed by atoms with Gasteiger partial charge in [0, 0.05) is 18.2 Å². The molecule has 0 spiro atoms. The largest absolute Gasteiger partial charge is 0.431 e. The van der Waals surface area contributed by atoms with E-state index in [1.54, 1.807) is 0 Å². The van der Waals surface area contributed by atoms with Crippen molar-refractivity contribution in [1.82, 2.24) is 4.57 Å². The van der Waals surface area contributed by atoms with Crippen molar-refractivity contribution in [3.05, 3.63) is 33.7 Å². The fourth-order valence-electron chi connectivity index (χ4n) is 1.68. The maximum absolute atomic E-state index is 12.7. The van der Waals surface area contributed by atoms with Crippen LogP contribution in [0.2, 0.25) is 0 Å². The summed E-state index contributed by atoms with van der Waals surface area (Å²) in [6, 6.07) is 1.78. The van der Waals surface area contributed by atoms with E-state index in [0.717, 1.165) is 16.7 Å². The Bertz CT molecular complexity index is 460. The third kappa shape index (κ3) is 1.84. The van der Waals surface area contributed by atoms with Crippen LogP contribution < -0.4 is 11.3 Å². The SMILES string of the molecule is NCc1ccc(C(F)(F)F)n(C2CC2)c1=O. The van der Waals surface area contributed by atoms with Gasteiger partial charge in [-0.05, 0) is 18.9 Å². The van der Waals surface area contributed by atoms with Crippen LogP contribution in [0.25, 0.3) is 0 Å². The van der Waals surface area contributed by atoms with Gasteiger partial charge in [-0.1, -0.05) is 6.07 Å². The molecule has 1 heterocycles. The van der Waals surface area contributed by atoms with Crippen LogP contribution in [-0.4, -0.2) is 4.57 Å². The van der Waals surface area contributed by atoms with Crippen molar-refractivity contribution >= 4 is 0 Å². The molecule has 1 aliphatic carbocycles. The second-order valence-corrected chi connectivity index (χ2v) is 3.85. The molecule has 16 heavy (non-hydrogen) atoms. The molecule has 0 amide bonds. The van der Waals surface area contributed by atoms with E-state index in [4.69, 9.17) is 5.73 Å². The number of alkyl halides is 3. The molecule has 2 rings (SSSR count). The van der Waals surface area contributed by atoms with Crippen molar-refractivity contribution in [3.63, 3.8) is 0 Å². The average molecular weight is 232 g/mol. The third-order valence-electron chi connectivity index (χ3n) is 2.62. The molecule has 0 unspecified atom stereocenters. The van der Waals surface area contributed by atoms with E-state index in [2.05, 4.69) is 0 Å². The van der Waals surface area contributed by atoms with Gasteiger partial charge < -0.3 is 10.3 Å². The maximum atomic E-state index is 12.7. The fraction of sp³-hybridized carbons (Fsp3) is 0.500. The van der Waals surface area contributed by atoms with Crippen molar-refractivity contribution in [1.29, 1.82) is 0 Å². The highest BCUT2D eigenvalue weighted by Gasteiger charge is 2.39. The fourth-order valence-corrected chi connectivity index (χ4v) is 1.68. The standard InChI is InChI=1S/C10H11F3N2O/c11-10(12,13)8-4-1-6(5-14)9(16)15(8)7-2-3-7/h1,4,7H,2-3,5,14H2. The molecule has 88 valence electrons. The van der Waals surface area contributed by atoms with Crippen LogP contribution >= 0.6 is 0 Å². The molecule has 1 aliphatic rings. The van der Waals surface area contributed by atoms with Crippen molar-refractivity contribution in [2.24, 2.45) is 5.73 Å². The van der Waals surface area contributed by atoms with Crippen molar-refractivity contribution in [3.8, 4) is 0 Å². The number of hydrogen-bond acceptors (Lipinski definition) is 2. The summed E-state index contributed by atoms with van der Waals surface area (Å²) in [7, 11) is 0. The zero-order chi connectivity index (χ0) is 11.9. The summed E-state index contributed by atoms with van der Waals surface area (Å²) in [6.45, 7) is -0.0380. The third-order valence-corrected chi connectivity index (χ3v) is 2.62. The average Bonchev–Trinajstić information content (AvgIpc) is 2.99. The van der Waals surface area contributed by atoms with Crippen LogP contribution in [0.4, 0.5) is 13.2 Å². The Labute approximate surface area is 89.7 Å². The molecule has 2 N–H and O–H groups in total. The van der Waals surface area contributed by atoms with Crippen molar-refractivity contribution < 1.29 is 13.2 Å². The summed E-state index contributed by atoms with van der Waals surface area (Å²) >= 11 is 0. The van der Waals surface area contributed by atoms with Gasteiger partial charge in [0.05, 0.1) is 0 Å². The van der Waals surface area contributed by atoms with Gasteiger partial charge in [0.25, 0.3) is 5.56 Å². The van der Waals surface area contributed by atoms with Crippen molar-refractivity contribution in [2.45, 2.75) is 31.6 Å². The highest BCUT2D eigenvalue weighted by molar-refractivity contribution is 5.20. The number of nitrogens with zero attached hydrogens (tertiary/aromatic N) is 1.